The maximum Gasteiger partial charge on any atom is 0.367 e. The fraction of sp³-hybridized carbons (Fsp3) is 0.571. The number of benzene rings is 1. The molecule has 0 bridgehead atoms. The van der Waals surface area contributed by atoms with E-state index in [9.17, 15) is 14.3 Å². The van der Waals surface area contributed by atoms with Crippen molar-refractivity contribution in [1.29, 1.82) is 0 Å². The summed E-state index contributed by atoms with van der Waals surface area (Å²) in [6, 6.07) is 6.39. The third-order valence-corrected chi connectivity index (χ3v) is 8.93. The van der Waals surface area contributed by atoms with Crippen LogP contribution in [0.3, 0.4) is 0 Å². The second-order valence-electron chi connectivity index (χ2n) is 11.0. The van der Waals surface area contributed by atoms with Gasteiger partial charge in [0.1, 0.15) is 36.0 Å². The van der Waals surface area contributed by atoms with E-state index in [1.54, 1.807) is 0 Å². The highest BCUT2D eigenvalue weighted by molar-refractivity contribution is 5.77. The van der Waals surface area contributed by atoms with Gasteiger partial charge in [0.05, 0.1) is 12.2 Å². The normalized spacial score (nSPS) is 29.6. The average Bonchev–Trinajstić information content (AvgIpc) is 3.06. The number of carboxylic acids is 1. The number of fused-ring (bicyclic) bond motifs is 2. The third kappa shape index (κ3) is 3.68. The van der Waals surface area contributed by atoms with E-state index in [4.69, 9.17) is 14.5 Å². The second-order valence-corrected chi connectivity index (χ2v) is 11.0. The molecule has 1 aromatic carbocycles. The number of ether oxygens (including phenoxy) is 2. The Bertz CT molecular complexity index is 1180. The van der Waals surface area contributed by atoms with E-state index < -0.39 is 23.4 Å². The summed E-state index contributed by atoms with van der Waals surface area (Å²) >= 11 is 0. The van der Waals surface area contributed by atoms with E-state index in [1.165, 1.54) is 24.1 Å². The number of unbranched alkanes of at least 4 members (excludes halogenated alkanes) is 2. The minimum Gasteiger partial charge on any atom is -0.493 e. The zero-order valence-electron chi connectivity index (χ0n) is 20.9. The molecule has 0 aliphatic carbocycles. The van der Waals surface area contributed by atoms with Crippen LogP contribution < -0.4 is 10.1 Å². The highest BCUT2D eigenvalue weighted by Gasteiger charge is 2.70. The first-order valence-corrected chi connectivity index (χ1v) is 13.3. The topological polar surface area (TPSA) is 80.7 Å². The number of carboxylic acid groups (broad SMARTS) is 1. The lowest BCUT2D eigenvalue weighted by Crippen LogP contribution is -2.74. The van der Waals surface area contributed by atoms with Gasteiger partial charge in [0.25, 0.3) is 0 Å². The van der Waals surface area contributed by atoms with Crippen molar-refractivity contribution < 1.29 is 28.2 Å². The summed E-state index contributed by atoms with van der Waals surface area (Å²) in [6.07, 6.45) is 7.12. The van der Waals surface area contributed by atoms with Crippen molar-refractivity contribution in [2.45, 2.75) is 69.6 Å². The molecule has 8 heteroatoms. The van der Waals surface area contributed by atoms with E-state index in [0.717, 1.165) is 62.1 Å². The number of aliphatic carboxylic acids is 1. The van der Waals surface area contributed by atoms with Crippen LogP contribution >= 0.6 is 0 Å². The van der Waals surface area contributed by atoms with Crippen LogP contribution in [0, 0.1) is 5.82 Å². The number of carbonyl (C=O) groups is 1. The standard InChI is InChI=1S/C28H34FN3O4/c1-28-10-13-36-23-15-19(29)14-22(24(23)28)25(27(33)34)32(28)16-21(17-32)35-12-4-2-3-7-20-9-8-18-6-5-11-30-26(18)31-20/h8-9,14-15,21,25H,2-7,10-13,16-17H2,1H3,(H-,30,31,33,34)/p+1. The van der Waals surface area contributed by atoms with Crippen molar-refractivity contribution >= 4 is 11.8 Å². The molecule has 5 heterocycles. The van der Waals surface area contributed by atoms with Gasteiger partial charge >= 0.3 is 5.97 Å². The van der Waals surface area contributed by atoms with Crippen LogP contribution in [-0.2, 0) is 27.9 Å². The van der Waals surface area contributed by atoms with Gasteiger partial charge in [-0.3, -0.25) is 4.48 Å². The summed E-state index contributed by atoms with van der Waals surface area (Å²) in [5.41, 5.74) is 3.52. The SMILES string of the molecule is CC12CCOc3cc(F)cc(c31)C(C(=O)O)[N+]21CC(OCCCCCc2ccc3c(n2)NCCC3)C1. The molecular formula is C28H35FN3O4+. The minimum absolute atomic E-state index is 0.0301. The summed E-state index contributed by atoms with van der Waals surface area (Å²) in [6.45, 7) is 5.55. The van der Waals surface area contributed by atoms with E-state index in [1.807, 2.05) is 0 Å². The van der Waals surface area contributed by atoms with Crippen LogP contribution in [-0.4, -0.2) is 59.5 Å². The van der Waals surface area contributed by atoms with Gasteiger partial charge in [-0.25, -0.2) is 14.2 Å². The van der Waals surface area contributed by atoms with E-state index in [0.29, 0.717) is 42.1 Å². The van der Waals surface area contributed by atoms with Gasteiger partial charge in [-0.05, 0) is 56.7 Å². The Hall–Kier alpha value is -2.71. The number of hydrogen-bond acceptors (Lipinski definition) is 5. The highest BCUT2D eigenvalue weighted by atomic mass is 19.1. The molecule has 1 fully saturated rings. The Balaban J connectivity index is 1.03. The predicted octanol–water partition coefficient (Wildman–Crippen LogP) is 4.34. The molecule has 0 saturated carbocycles. The molecule has 1 spiro atoms. The van der Waals surface area contributed by atoms with Gasteiger partial charge in [-0.15, -0.1) is 0 Å². The first-order chi connectivity index (χ1) is 17.4. The molecule has 6 rings (SSSR count). The number of nitrogens with zero attached hydrogens (tertiary/aromatic N) is 2. The molecule has 7 nitrogen and oxygen atoms in total. The molecule has 2 atom stereocenters. The van der Waals surface area contributed by atoms with Crippen molar-refractivity contribution in [1.82, 2.24) is 4.98 Å². The van der Waals surface area contributed by atoms with E-state index in [2.05, 4.69) is 24.4 Å². The van der Waals surface area contributed by atoms with Crippen LogP contribution in [0.4, 0.5) is 10.2 Å². The molecule has 0 radical (unpaired) electrons. The zero-order chi connectivity index (χ0) is 24.9. The Kier molecular flexibility index (Phi) is 5.91. The first-order valence-electron chi connectivity index (χ1n) is 13.3. The lowest BCUT2D eigenvalue weighted by molar-refractivity contribution is -1.03. The lowest BCUT2D eigenvalue weighted by Gasteiger charge is -2.58. The van der Waals surface area contributed by atoms with E-state index in [-0.39, 0.29) is 6.10 Å². The Morgan fingerprint density at radius 3 is 3.00 bits per heavy atom. The summed E-state index contributed by atoms with van der Waals surface area (Å²) in [7, 11) is 0. The largest absolute Gasteiger partial charge is 0.493 e. The number of pyridine rings is 1. The lowest BCUT2D eigenvalue weighted by atomic mass is 9.82. The smallest absolute Gasteiger partial charge is 0.367 e. The fourth-order valence-corrected chi connectivity index (χ4v) is 7.07. The van der Waals surface area contributed by atoms with Gasteiger partial charge in [-0.2, -0.15) is 0 Å². The van der Waals surface area contributed by atoms with Gasteiger partial charge in [0.15, 0.2) is 6.10 Å². The second kappa shape index (κ2) is 8.99. The van der Waals surface area contributed by atoms with Crippen LogP contribution in [0.5, 0.6) is 5.75 Å². The Morgan fingerprint density at radius 1 is 1.31 bits per heavy atom. The van der Waals surface area contributed by atoms with Crippen LogP contribution in [0.25, 0.3) is 0 Å². The van der Waals surface area contributed by atoms with Gasteiger partial charge in [0, 0.05) is 36.9 Å². The number of anilines is 1. The van der Waals surface area contributed by atoms with Crippen molar-refractivity contribution in [3.8, 4) is 5.75 Å². The molecular weight excluding hydrogens is 461 g/mol. The number of aryl methyl sites for hydroxylation is 2. The van der Waals surface area contributed by atoms with Crippen LogP contribution in [0.1, 0.15) is 67.5 Å². The molecule has 2 unspecified atom stereocenters. The quantitative estimate of drug-likeness (QED) is 0.418. The number of quaternary nitrogens is 1. The summed E-state index contributed by atoms with van der Waals surface area (Å²) in [5, 5.41) is 13.6. The van der Waals surface area contributed by atoms with Crippen LogP contribution in [0.2, 0.25) is 0 Å². The molecule has 1 saturated heterocycles. The van der Waals surface area contributed by atoms with E-state index >= 15 is 0 Å². The molecule has 2 N–H and O–H groups in total. The Labute approximate surface area is 211 Å². The third-order valence-electron chi connectivity index (χ3n) is 8.93. The molecule has 1 aromatic heterocycles. The first kappa shape index (κ1) is 23.7. The molecule has 192 valence electrons. The summed E-state index contributed by atoms with van der Waals surface area (Å²) in [4.78, 5) is 17.2. The molecule has 4 aliphatic heterocycles. The minimum atomic E-state index is -0.900. The summed E-state index contributed by atoms with van der Waals surface area (Å²) < 4.78 is 26.7. The monoisotopic (exact) mass is 496 g/mol. The highest BCUT2D eigenvalue weighted by Crippen LogP contribution is 2.61. The van der Waals surface area contributed by atoms with Crippen LogP contribution in [0.15, 0.2) is 24.3 Å². The zero-order valence-corrected chi connectivity index (χ0v) is 20.9. The maximum absolute atomic E-state index is 14.3. The molecule has 36 heavy (non-hydrogen) atoms. The van der Waals surface area contributed by atoms with Gasteiger partial charge in [-0.1, -0.05) is 12.5 Å². The van der Waals surface area contributed by atoms with Crippen molar-refractivity contribution in [2.24, 2.45) is 0 Å². The number of rotatable bonds is 8. The number of nitrogens with one attached hydrogen (secondary N) is 1. The maximum atomic E-state index is 14.3. The van der Waals surface area contributed by atoms with Crippen molar-refractivity contribution in [3.63, 3.8) is 0 Å². The molecule has 2 aromatic rings. The summed E-state index contributed by atoms with van der Waals surface area (Å²) in [5.74, 6) is 0.229. The molecule has 0 amide bonds. The molecule has 4 aliphatic rings. The van der Waals surface area contributed by atoms with Gasteiger partial charge in [0.2, 0.25) is 6.04 Å². The Morgan fingerprint density at radius 2 is 2.17 bits per heavy atom. The average molecular weight is 497 g/mol. The van der Waals surface area contributed by atoms with Gasteiger partial charge < -0.3 is 19.9 Å². The van der Waals surface area contributed by atoms with Crippen molar-refractivity contribution in [2.75, 3.05) is 38.2 Å². The fourth-order valence-electron chi connectivity index (χ4n) is 7.07. The number of hydrogen-bond donors (Lipinski definition) is 2. The number of aromatic nitrogens is 1. The predicted molar refractivity (Wildman–Crippen MR) is 133 cm³/mol. The number of halogens is 1. The van der Waals surface area contributed by atoms with Crippen molar-refractivity contribution in [3.05, 3.63) is 52.5 Å².